The smallest absolute Gasteiger partial charge is 0.398 e. The van der Waals surface area contributed by atoms with Crippen LogP contribution in [0.2, 0.25) is 0 Å². The molecule has 2 fully saturated rings. The van der Waals surface area contributed by atoms with Gasteiger partial charge in [0.15, 0.2) is 0 Å². The summed E-state index contributed by atoms with van der Waals surface area (Å²) in [4.78, 5) is 17.1. The minimum absolute atomic E-state index is 0.00181. The Bertz CT molecular complexity index is 1030. The highest BCUT2D eigenvalue weighted by Crippen LogP contribution is 2.36. The highest BCUT2D eigenvalue weighted by Gasteiger charge is 2.34. The maximum Gasteiger partial charge on any atom is 0.418 e. The van der Waals surface area contributed by atoms with Gasteiger partial charge >= 0.3 is 6.18 Å². The van der Waals surface area contributed by atoms with E-state index in [4.69, 9.17) is 5.73 Å². The number of hydrogen-bond acceptors (Lipinski definition) is 4. The molecular formula is C27H34F4N4O. The number of nitrogens with two attached hydrogens (primary N) is 1. The molecule has 196 valence electrons. The minimum atomic E-state index is -4.48. The lowest BCUT2D eigenvalue weighted by Gasteiger charge is -2.36. The van der Waals surface area contributed by atoms with Crippen LogP contribution in [0.1, 0.15) is 44.1 Å². The molecular weight excluding hydrogens is 472 g/mol. The van der Waals surface area contributed by atoms with Gasteiger partial charge in [-0.2, -0.15) is 13.2 Å². The van der Waals surface area contributed by atoms with Gasteiger partial charge < -0.3 is 20.9 Å². The molecule has 0 spiro atoms. The number of benzene rings is 2. The number of nitrogen functional groups attached to an aromatic ring is 1. The number of alkyl halides is 3. The molecule has 5 nitrogen and oxygen atoms in total. The summed E-state index contributed by atoms with van der Waals surface area (Å²) in [6.45, 7) is 2.24. The Balaban J connectivity index is 1.21. The molecule has 9 heteroatoms. The van der Waals surface area contributed by atoms with Gasteiger partial charge in [-0.25, -0.2) is 4.39 Å². The molecule has 4 rings (SSSR count). The van der Waals surface area contributed by atoms with Crippen LogP contribution in [0.4, 0.5) is 34.6 Å². The first-order valence-electron chi connectivity index (χ1n) is 12.6. The molecule has 1 aliphatic carbocycles. The number of carbonyl (C=O) groups is 1. The molecule has 1 heterocycles. The van der Waals surface area contributed by atoms with Gasteiger partial charge in [-0.05, 0) is 86.9 Å². The van der Waals surface area contributed by atoms with E-state index >= 15 is 0 Å². The fraction of sp³-hybridized carbons (Fsp3) is 0.519. The number of carbonyl (C=O) groups excluding carboxylic acids is 1. The molecule has 2 aromatic carbocycles. The van der Waals surface area contributed by atoms with Gasteiger partial charge in [0.2, 0.25) is 5.91 Å². The van der Waals surface area contributed by atoms with Gasteiger partial charge in [0.25, 0.3) is 0 Å². The lowest BCUT2D eigenvalue weighted by atomic mass is 9.85. The van der Waals surface area contributed by atoms with Crippen LogP contribution in [0.25, 0.3) is 0 Å². The number of rotatable bonds is 6. The van der Waals surface area contributed by atoms with Crippen LogP contribution in [0.5, 0.6) is 0 Å². The molecule has 0 bridgehead atoms. The fourth-order valence-corrected chi connectivity index (χ4v) is 5.44. The Morgan fingerprint density at radius 2 is 1.67 bits per heavy atom. The van der Waals surface area contributed by atoms with Crippen LogP contribution < -0.4 is 16.0 Å². The first-order valence-corrected chi connectivity index (χ1v) is 12.6. The number of amides is 1. The summed E-state index contributed by atoms with van der Waals surface area (Å²) in [7, 11) is 1.87. The average molecular weight is 507 g/mol. The molecule has 36 heavy (non-hydrogen) atoms. The predicted molar refractivity (Wildman–Crippen MR) is 134 cm³/mol. The van der Waals surface area contributed by atoms with Crippen molar-refractivity contribution in [3.63, 3.8) is 0 Å². The minimum Gasteiger partial charge on any atom is -0.398 e. The van der Waals surface area contributed by atoms with Crippen LogP contribution in [0.3, 0.4) is 0 Å². The monoisotopic (exact) mass is 506 g/mol. The molecule has 0 unspecified atom stereocenters. The molecule has 2 aromatic rings. The number of halogens is 4. The topological polar surface area (TPSA) is 61.6 Å². The molecule has 1 saturated heterocycles. The summed E-state index contributed by atoms with van der Waals surface area (Å²) in [6.07, 6.45) is 0.591. The quantitative estimate of drug-likeness (QED) is 0.386. The zero-order valence-electron chi connectivity index (χ0n) is 20.5. The van der Waals surface area contributed by atoms with Crippen molar-refractivity contribution in [3.05, 3.63) is 53.8 Å². The van der Waals surface area contributed by atoms with Gasteiger partial charge in [-0.15, -0.1) is 0 Å². The molecule has 1 aliphatic heterocycles. The van der Waals surface area contributed by atoms with Crippen molar-refractivity contribution in [1.29, 1.82) is 0 Å². The molecule has 0 radical (unpaired) electrons. The summed E-state index contributed by atoms with van der Waals surface area (Å²) >= 11 is 0. The first kappa shape index (κ1) is 26.1. The Labute approximate surface area is 209 Å². The van der Waals surface area contributed by atoms with E-state index in [1.165, 1.54) is 18.2 Å². The van der Waals surface area contributed by atoms with Gasteiger partial charge in [-0.3, -0.25) is 4.79 Å². The normalized spacial score (nSPS) is 21.3. The Kier molecular flexibility index (Phi) is 7.95. The van der Waals surface area contributed by atoms with Crippen LogP contribution in [-0.2, 0) is 11.0 Å². The third-order valence-corrected chi connectivity index (χ3v) is 7.52. The number of nitrogens with zero attached hydrogens (tertiary/aromatic N) is 2. The third kappa shape index (κ3) is 6.42. The number of anilines is 3. The SMILES string of the molecule is CN(CC1CCC(Nc2ccc(N)c(C(F)(F)F)c2)CC1)C(=O)C1CCN(c2ccc(F)cc2)CC1. The van der Waals surface area contributed by atoms with E-state index in [9.17, 15) is 22.4 Å². The molecule has 3 N–H and O–H groups in total. The van der Waals surface area contributed by atoms with Gasteiger partial charge in [0.1, 0.15) is 5.82 Å². The summed E-state index contributed by atoms with van der Waals surface area (Å²) in [6, 6.07) is 10.5. The molecule has 0 aromatic heterocycles. The Morgan fingerprint density at radius 1 is 1.03 bits per heavy atom. The first-order chi connectivity index (χ1) is 17.1. The second-order valence-corrected chi connectivity index (χ2v) is 10.1. The predicted octanol–water partition coefficient (Wildman–Crippen LogP) is 5.77. The van der Waals surface area contributed by atoms with Crippen LogP contribution >= 0.6 is 0 Å². The second-order valence-electron chi connectivity index (χ2n) is 10.1. The van der Waals surface area contributed by atoms with E-state index in [-0.39, 0.29) is 29.4 Å². The van der Waals surface area contributed by atoms with Crippen LogP contribution in [-0.4, -0.2) is 43.5 Å². The maximum absolute atomic E-state index is 13.2. The summed E-state index contributed by atoms with van der Waals surface area (Å²) < 4.78 is 52.6. The van der Waals surface area contributed by atoms with Crippen LogP contribution in [0, 0.1) is 17.7 Å². The summed E-state index contributed by atoms with van der Waals surface area (Å²) in [5.74, 6) is 0.304. The van der Waals surface area contributed by atoms with Crippen molar-refractivity contribution in [2.75, 3.05) is 42.6 Å². The molecule has 1 saturated carbocycles. The zero-order chi connectivity index (χ0) is 25.9. The lowest BCUT2D eigenvalue weighted by Crippen LogP contribution is -2.43. The van der Waals surface area contributed by atoms with Crippen molar-refractivity contribution < 1.29 is 22.4 Å². The van der Waals surface area contributed by atoms with Gasteiger partial charge in [0, 0.05) is 55.7 Å². The lowest BCUT2D eigenvalue weighted by molar-refractivity contribution is -0.137. The summed E-state index contributed by atoms with van der Waals surface area (Å²) in [5, 5.41) is 3.23. The highest BCUT2D eigenvalue weighted by atomic mass is 19.4. The van der Waals surface area contributed by atoms with E-state index < -0.39 is 11.7 Å². The van der Waals surface area contributed by atoms with E-state index in [0.29, 0.717) is 18.2 Å². The largest absolute Gasteiger partial charge is 0.418 e. The number of nitrogens with one attached hydrogen (secondary N) is 1. The molecule has 0 atom stereocenters. The van der Waals surface area contributed by atoms with Crippen molar-refractivity contribution in [1.82, 2.24) is 4.90 Å². The summed E-state index contributed by atoms with van der Waals surface area (Å²) in [5.41, 5.74) is 5.82. The average Bonchev–Trinajstić information content (AvgIpc) is 2.86. The maximum atomic E-state index is 13.2. The van der Waals surface area contributed by atoms with E-state index in [1.54, 1.807) is 18.2 Å². The number of piperidine rings is 1. The Hall–Kier alpha value is -2.97. The van der Waals surface area contributed by atoms with E-state index in [2.05, 4.69) is 10.2 Å². The fourth-order valence-electron chi connectivity index (χ4n) is 5.44. The molecule has 2 aliphatic rings. The number of hydrogen-bond donors (Lipinski definition) is 2. The van der Waals surface area contributed by atoms with Gasteiger partial charge in [-0.1, -0.05) is 0 Å². The standard InChI is InChI=1S/C27H34F4N4O/c1-34(26(36)19-12-14-35(15-13-19)23-9-4-20(28)5-10-23)17-18-2-6-21(7-3-18)33-22-8-11-25(32)24(16-22)27(29,30)31/h4-5,8-11,16,18-19,21,33H,2-3,6-7,12-15,17,32H2,1H3. The van der Waals surface area contributed by atoms with Crippen molar-refractivity contribution in [3.8, 4) is 0 Å². The van der Waals surface area contributed by atoms with E-state index in [1.807, 2.05) is 11.9 Å². The second kappa shape index (κ2) is 11.0. The van der Waals surface area contributed by atoms with Crippen molar-refractivity contribution >= 4 is 23.0 Å². The zero-order valence-corrected chi connectivity index (χ0v) is 20.5. The third-order valence-electron chi connectivity index (χ3n) is 7.52. The Morgan fingerprint density at radius 3 is 2.28 bits per heavy atom. The highest BCUT2D eigenvalue weighted by molar-refractivity contribution is 5.79. The molecule has 1 amide bonds. The van der Waals surface area contributed by atoms with Crippen molar-refractivity contribution in [2.24, 2.45) is 11.8 Å². The van der Waals surface area contributed by atoms with Crippen molar-refractivity contribution in [2.45, 2.75) is 50.7 Å². The van der Waals surface area contributed by atoms with E-state index in [0.717, 1.165) is 63.4 Å². The van der Waals surface area contributed by atoms with Gasteiger partial charge in [0.05, 0.1) is 5.56 Å². The van der Waals surface area contributed by atoms with Crippen LogP contribution in [0.15, 0.2) is 42.5 Å².